The van der Waals surface area contributed by atoms with Gasteiger partial charge in [0.15, 0.2) is 0 Å². The Bertz CT molecular complexity index is 384. The molecule has 0 spiro atoms. The van der Waals surface area contributed by atoms with Crippen molar-refractivity contribution in [3.63, 3.8) is 0 Å². The number of carbonyl (C=O) groups is 2. The minimum Gasteiger partial charge on any atom is -0.351 e. The first-order valence-electron chi connectivity index (χ1n) is 5.46. The maximum atomic E-state index is 11.6. The molecule has 1 aromatic carbocycles. The molecular weight excluding hydrogens is 254 g/mol. The number of hydrogen-bond acceptors (Lipinski definition) is 3. The molecule has 1 rings (SSSR count). The zero-order valence-electron chi connectivity index (χ0n) is 10.2. The predicted molar refractivity (Wildman–Crippen MR) is 72.7 cm³/mol. The van der Waals surface area contributed by atoms with E-state index in [0.29, 0.717) is 12.1 Å². The second kappa shape index (κ2) is 8.49. The molecule has 0 aliphatic carbocycles. The van der Waals surface area contributed by atoms with E-state index >= 15 is 0 Å². The van der Waals surface area contributed by atoms with Gasteiger partial charge in [0.1, 0.15) is 0 Å². The number of hydrogen-bond donors (Lipinski definition) is 3. The van der Waals surface area contributed by atoms with E-state index < -0.39 is 0 Å². The van der Waals surface area contributed by atoms with Gasteiger partial charge in [0.2, 0.25) is 5.91 Å². The minimum absolute atomic E-state index is 0. The van der Waals surface area contributed by atoms with Crippen molar-refractivity contribution in [3.8, 4) is 0 Å². The van der Waals surface area contributed by atoms with Crippen molar-refractivity contribution in [2.45, 2.75) is 13.0 Å². The van der Waals surface area contributed by atoms with Gasteiger partial charge in [-0.25, -0.2) is 0 Å². The van der Waals surface area contributed by atoms with Crippen molar-refractivity contribution in [2.75, 3.05) is 13.1 Å². The highest BCUT2D eigenvalue weighted by Gasteiger charge is 2.08. The summed E-state index contributed by atoms with van der Waals surface area (Å²) in [6.07, 6.45) is 0. The average Bonchev–Trinajstić information content (AvgIpc) is 2.36. The van der Waals surface area contributed by atoms with E-state index in [0.717, 1.165) is 0 Å². The summed E-state index contributed by atoms with van der Waals surface area (Å²) in [6.45, 7) is 2.13. The van der Waals surface area contributed by atoms with Gasteiger partial charge in [-0.05, 0) is 19.1 Å². The Hall–Kier alpha value is -1.59. The van der Waals surface area contributed by atoms with Gasteiger partial charge in [0.05, 0.1) is 6.54 Å². The normalized spacial score (nSPS) is 11.0. The average molecular weight is 272 g/mol. The standard InChI is InChI=1S/C12H17N3O2.ClH/c1-9(7-13)15-11(16)8-14-12(17)10-5-3-2-4-6-10;/h2-6,9H,7-8,13H2,1H3,(H,14,17)(H,15,16);1H/t9-;/m0./s1. The molecule has 0 fully saturated rings. The predicted octanol–water partition coefficient (Wildman–Crippen LogP) is 0.302. The van der Waals surface area contributed by atoms with Gasteiger partial charge in [-0.2, -0.15) is 0 Å². The Balaban J connectivity index is 0.00000289. The second-order valence-corrected chi connectivity index (χ2v) is 3.75. The summed E-state index contributed by atoms with van der Waals surface area (Å²) in [5, 5.41) is 5.19. The van der Waals surface area contributed by atoms with E-state index in [-0.39, 0.29) is 36.8 Å². The Morgan fingerprint density at radius 2 is 1.89 bits per heavy atom. The van der Waals surface area contributed by atoms with Crippen LogP contribution in [0.1, 0.15) is 17.3 Å². The van der Waals surface area contributed by atoms with E-state index in [1.165, 1.54) is 0 Å². The zero-order chi connectivity index (χ0) is 12.7. The van der Waals surface area contributed by atoms with Crippen LogP contribution in [0.25, 0.3) is 0 Å². The van der Waals surface area contributed by atoms with Gasteiger partial charge in [-0.1, -0.05) is 18.2 Å². The molecule has 0 aliphatic rings. The first-order valence-corrected chi connectivity index (χ1v) is 5.46. The first-order chi connectivity index (χ1) is 8.13. The molecule has 6 heteroatoms. The molecule has 18 heavy (non-hydrogen) atoms. The van der Waals surface area contributed by atoms with Crippen LogP contribution < -0.4 is 16.4 Å². The second-order valence-electron chi connectivity index (χ2n) is 3.75. The number of halogens is 1. The van der Waals surface area contributed by atoms with Crippen LogP contribution in [0.3, 0.4) is 0 Å². The Morgan fingerprint density at radius 3 is 2.44 bits per heavy atom. The summed E-state index contributed by atoms with van der Waals surface area (Å²) in [6, 6.07) is 8.66. The summed E-state index contributed by atoms with van der Waals surface area (Å²) in [5.74, 6) is -0.506. The highest BCUT2D eigenvalue weighted by molar-refractivity contribution is 5.96. The lowest BCUT2D eigenvalue weighted by molar-refractivity contribution is -0.120. The number of nitrogens with one attached hydrogen (secondary N) is 2. The van der Waals surface area contributed by atoms with Crippen LogP contribution in [0.15, 0.2) is 30.3 Å². The van der Waals surface area contributed by atoms with Crippen LogP contribution in [0, 0.1) is 0 Å². The van der Waals surface area contributed by atoms with E-state index in [1.54, 1.807) is 31.2 Å². The fourth-order valence-corrected chi connectivity index (χ4v) is 1.24. The molecule has 0 saturated heterocycles. The highest BCUT2D eigenvalue weighted by atomic mass is 35.5. The largest absolute Gasteiger partial charge is 0.351 e. The van der Waals surface area contributed by atoms with Crippen LogP contribution >= 0.6 is 12.4 Å². The van der Waals surface area contributed by atoms with Crippen molar-refractivity contribution in [2.24, 2.45) is 5.73 Å². The van der Waals surface area contributed by atoms with Crippen LogP contribution in [-0.2, 0) is 4.79 Å². The summed E-state index contributed by atoms with van der Waals surface area (Å²) in [4.78, 5) is 23.0. The number of amides is 2. The highest BCUT2D eigenvalue weighted by Crippen LogP contribution is 1.97. The molecule has 0 heterocycles. The van der Waals surface area contributed by atoms with Crippen LogP contribution in [0.5, 0.6) is 0 Å². The van der Waals surface area contributed by atoms with Gasteiger partial charge < -0.3 is 16.4 Å². The SMILES string of the molecule is C[C@@H](CN)NC(=O)CNC(=O)c1ccccc1.Cl. The van der Waals surface area contributed by atoms with Gasteiger partial charge in [-0.15, -0.1) is 12.4 Å². The fraction of sp³-hybridized carbons (Fsp3) is 0.333. The van der Waals surface area contributed by atoms with Gasteiger partial charge in [0, 0.05) is 18.2 Å². The molecule has 1 atom stereocenters. The van der Waals surface area contributed by atoms with Crippen LogP contribution in [0.4, 0.5) is 0 Å². The minimum atomic E-state index is -0.263. The molecule has 2 amide bonds. The Morgan fingerprint density at radius 1 is 1.28 bits per heavy atom. The van der Waals surface area contributed by atoms with E-state index in [1.807, 2.05) is 6.07 Å². The molecule has 5 nitrogen and oxygen atoms in total. The van der Waals surface area contributed by atoms with Crippen molar-refractivity contribution < 1.29 is 9.59 Å². The summed E-state index contributed by atoms with van der Waals surface area (Å²) in [7, 11) is 0. The number of rotatable bonds is 5. The third kappa shape index (κ3) is 5.65. The monoisotopic (exact) mass is 271 g/mol. The van der Waals surface area contributed by atoms with Crippen molar-refractivity contribution in [1.29, 1.82) is 0 Å². The quantitative estimate of drug-likeness (QED) is 0.720. The lowest BCUT2D eigenvalue weighted by atomic mass is 10.2. The molecule has 0 radical (unpaired) electrons. The maximum Gasteiger partial charge on any atom is 0.251 e. The molecule has 100 valence electrons. The zero-order valence-corrected chi connectivity index (χ0v) is 11.0. The summed E-state index contributed by atoms with van der Waals surface area (Å²) >= 11 is 0. The molecule has 4 N–H and O–H groups in total. The van der Waals surface area contributed by atoms with Crippen molar-refractivity contribution in [3.05, 3.63) is 35.9 Å². The van der Waals surface area contributed by atoms with E-state index in [9.17, 15) is 9.59 Å². The summed E-state index contributed by atoms with van der Waals surface area (Å²) in [5.41, 5.74) is 5.90. The molecule has 1 aromatic rings. The topological polar surface area (TPSA) is 84.2 Å². The third-order valence-corrected chi connectivity index (χ3v) is 2.21. The number of carbonyl (C=O) groups excluding carboxylic acids is 2. The molecule has 0 saturated carbocycles. The molecule has 0 bridgehead atoms. The van der Waals surface area contributed by atoms with Crippen LogP contribution in [-0.4, -0.2) is 30.9 Å². The van der Waals surface area contributed by atoms with Gasteiger partial charge >= 0.3 is 0 Å². The number of benzene rings is 1. The first kappa shape index (κ1) is 16.4. The van der Waals surface area contributed by atoms with Crippen LogP contribution in [0.2, 0.25) is 0 Å². The maximum absolute atomic E-state index is 11.6. The van der Waals surface area contributed by atoms with E-state index in [4.69, 9.17) is 5.73 Å². The van der Waals surface area contributed by atoms with Crippen molar-refractivity contribution in [1.82, 2.24) is 10.6 Å². The van der Waals surface area contributed by atoms with E-state index in [2.05, 4.69) is 10.6 Å². The lowest BCUT2D eigenvalue weighted by Gasteiger charge is -2.11. The number of nitrogens with two attached hydrogens (primary N) is 1. The summed E-state index contributed by atoms with van der Waals surface area (Å²) < 4.78 is 0. The van der Waals surface area contributed by atoms with Gasteiger partial charge in [-0.3, -0.25) is 9.59 Å². The molecule has 0 unspecified atom stereocenters. The lowest BCUT2D eigenvalue weighted by Crippen LogP contribution is -2.43. The molecular formula is C12H18ClN3O2. The third-order valence-electron chi connectivity index (χ3n) is 2.21. The van der Waals surface area contributed by atoms with Crippen molar-refractivity contribution >= 4 is 24.2 Å². The molecule has 0 aliphatic heterocycles. The van der Waals surface area contributed by atoms with Gasteiger partial charge in [0.25, 0.3) is 5.91 Å². The smallest absolute Gasteiger partial charge is 0.251 e. The molecule has 0 aromatic heterocycles. The Kier molecular flexibility index (Phi) is 7.74. The fourth-order valence-electron chi connectivity index (χ4n) is 1.24. The Labute approximate surface area is 113 Å².